The van der Waals surface area contributed by atoms with Crippen LogP contribution in [-0.2, 0) is 6.42 Å². The van der Waals surface area contributed by atoms with Gasteiger partial charge in [-0.1, -0.05) is 38.3 Å². The molecule has 5 heteroatoms. The van der Waals surface area contributed by atoms with E-state index < -0.39 is 0 Å². The molecule has 0 aliphatic carbocycles. The first kappa shape index (κ1) is 19.0. The van der Waals surface area contributed by atoms with Crippen molar-refractivity contribution in [2.45, 2.75) is 39.0 Å². The highest BCUT2D eigenvalue weighted by atomic mass is 16.5. The van der Waals surface area contributed by atoms with Crippen LogP contribution < -0.4 is 15.8 Å². The number of fused-ring (bicyclic) bond motifs is 1. The highest BCUT2D eigenvalue weighted by Gasteiger charge is 2.01. The fourth-order valence-corrected chi connectivity index (χ4v) is 2.93. The molecule has 0 fully saturated rings. The average molecular weight is 364 g/mol. The van der Waals surface area contributed by atoms with Gasteiger partial charge in [-0.25, -0.2) is 9.97 Å². The molecule has 0 aliphatic rings. The van der Waals surface area contributed by atoms with Gasteiger partial charge in [0.1, 0.15) is 5.75 Å². The summed E-state index contributed by atoms with van der Waals surface area (Å²) in [5.41, 5.74) is 8.66. The molecule has 0 unspecified atom stereocenters. The van der Waals surface area contributed by atoms with Crippen LogP contribution in [0.1, 0.15) is 38.2 Å². The number of unbranched alkanes of at least 4 members (excludes halogenated alkanes) is 3. The van der Waals surface area contributed by atoms with Crippen molar-refractivity contribution in [1.82, 2.24) is 9.97 Å². The van der Waals surface area contributed by atoms with Gasteiger partial charge in [0, 0.05) is 23.8 Å². The van der Waals surface area contributed by atoms with E-state index in [4.69, 9.17) is 10.5 Å². The molecule has 0 saturated heterocycles. The van der Waals surface area contributed by atoms with E-state index in [0.717, 1.165) is 48.3 Å². The molecule has 3 N–H and O–H groups in total. The van der Waals surface area contributed by atoms with Crippen LogP contribution in [0.3, 0.4) is 0 Å². The zero-order chi connectivity index (χ0) is 18.9. The van der Waals surface area contributed by atoms with Gasteiger partial charge < -0.3 is 15.8 Å². The number of rotatable bonds is 10. The summed E-state index contributed by atoms with van der Waals surface area (Å²) < 4.78 is 5.79. The van der Waals surface area contributed by atoms with Gasteiger partial charge in [-0.15, -0.1) is 0 Å². The monoisotopic (exact) mass is 364 g/mol. The Morgan fingerprint density at radius 3 is 2.70 bits per heavy atom. The Bertz CT molecular complexity index is 849. The van der Waals surface area contributed by atoms with E-state index in [1.54, 1.807) is 6.20 Å². The lowest BCUT2D eigenvalue weighted by Crippen LogP contribution is -2.08. The molecule has 0 aliphatic heterocycles. The van der Waals surface area contributed by atoms with Crippen LogP contribution in [0.5, 0.6) is 5.75 Å². The first-order valence-corrected chi connectivity index (χ1v) is 9.72. The van der Waals surface area contributed by atoms with Gasteiger partial charge in [0.2, 0.25) is 5.95 Å². The van der Waals surface area contributed by atoms with Crippen molar-refractivity contribution in [3.8, 4) is 5.75 Å². The molecular weight excluding hydrogens is 336 g/mol. The summed E-state index contributed by atoms with van der Waals surface area (Å²) in [5.74, 6) is 1.58. The van der Waals surface area contributed by atoms with Gasteiger partial charge in [0.15, 0.2) is 0 Å². The second-order valence-electron chi connectivity index (χ2n) is 6.74. The molecule has 3 aromatic rings. The Labute approximate surface area is 161 Å². The summed E-state index contributed by atoms with van der Waals surface area (Å²) in [4.78, 5) is 8.87. The van der Waals surface area contributed by atoms with Crippen LogP contribution in [0.15, 0.2) is 48.7 Å². The number of anilines is 2. The van der Waals surface area contributed by atoms with Gasteiger partial charge in [-0.05, 0) is 48.7 Å². The van der Waals surface area contributed by atoms with Crippen molar-refractivity contribution in [3.63, 3.8) is 0 Å². The summed E-state index contributed by atoms with van der Waals surface area (Å²) >= 11 is 0. The second-order valence-corrected chi connectivity index (χ2v) is 6.74. The number of hydrogen-bond acceptors (Lipinski definition) is 5. The number of nitrogens with two attached hydrogens (primary N) is 1. The minimum atomic E-state index is 0.638. The third-order valence-corrected chi connectivity index (χ3v) is 4.49. The summed E-state index contributed by atoms with van der Waals surface area (Å²) in [5, 5.41) is 4.23. The predicted octanol–water partition coefficient (Wildman–Crippen LogP) is 4.83. The van der Waals surface area contributed by atoms with E-state index in [-0.39, 0.29) is 0 Å². The Hall–Kier alpha value is -2.82. The molecule has 3 rings (SSSR count). The van der Waals surface area contributed by atoms with E-state index in [9.17, 15) is 0 Å². The lowest BCUT2D eigenvalue weighted by Gasteiger charge is -2.08. The van der Waals surface area contributed by atoms with E-state index in [0.29, 0.717) is 5.95 Å². The Kier molecular flexibility index (Phi) is 6.85. The minimum Gasteiger partial charge on any atom is -0.494 e. The minimum absolute atomic E-state index is 0.638. The van der Waals surface area contributed by atoms with Gasteiger partial charge >= 0.3 is 0 Å². The van der Waals surface area contributed by atoms with Gasteiger partial charge in [0.05, 0.1) is 12.1 Å². The Morgan fingerprint density at radius 1 is 1.04 bits per heavy atom. The molecule has 5 nitrogen and oxygen atoms in total. The van der Waals surface area contributed by atoms with Crippen LogP contribution in [0.4, 0.5) is 11.6 Å². The molecule has 142 valence electrons. The van der Waals surface area contributed by atoms with Crippen LogP contribution in [0.25, 0.3) is 10.9 Å². The molecule has 27 heavy (non-hydrogen) atoms. The zero-order valence-electron chi connectivity index (χ0n) is 15.9. The molecule has 1 aromatic heterocycles. The van der Waals surface area contributed by atoms with Crippen molar-refractivity contribution < 1.29 is 4.74 Å². The average Bonchev–Trinajstić information content (AvgIpc) is 2.69. The van der Waals surface area contributed by atoms with Crippen molar-refractivity contribution in [2.24, 2.45) is 0 Å². The Balaban J connectivity index is 1.44. The maximum atomic E-state index is 5.79. The number of ether oxygens (including phenoxy) is 1. The Morgan fingerprint density at radius 2 is 1.89 bits per heavy atom. The second kappa shape index (κ2) is 9.76. The van der Waals surface area contributed by atoms with Crippen LogP contribution in [0.2, 0.25) is 0 Å². The molecule has 1 heterocycles. The van der Waals surface area contributed by atoms with E-state index in [1.807, 2.05) is 30.3 Å². The molecule has 0 bridgehead atoms. The zero-order valence-corrected chi connectivity index (χ0v) is 15.9. The van der Waals surface area contributed by atoms with Crippen LogP contribution in [-0.4, -0.2) is 23.1 Å². The highest BCUT2D eigenvalue weighted by molar-refractivity contribution is 5.81. The van der Waals surface area contributed by atoms with Crippen LogP contribution in [0, 0.1) is 0 Å². The maximum Gasteiger partial charge on any atom is 0.223 e. The fraction of sp³-hybridized carbons (Fsp3) is 0.364. The summed E-state index contributed by atoms with van der Waals surface area (Å²) in [7, 11) is 0. The number of aromatic nitrogens is 2. The number of nitrogen functional groups attached to an aromatic ring is 1. The van der Waals surface area contributed by atoms with Gasteiger partial charge in [-0.3, -0.25) is 0 Å². The molecular formula is C22H28N4O. The third-order valence-electron chi connectivity index (χ3n) is 4.49. The lowest BCUT2D eigenvalue weighted by atomic mass is 10.1. The van der Waals surface area contributed by atoms with Crippen LogP contribution >= 0.6 is 0 Å². The number of nitrogens with zero attached hydrogens (tertiary/aromatic N) is 2. The number of hydrogen-bond donors (Lipinski definition) is 2. The normalized spacial score (nSPS) is 10.9. The molecule has 0 spiro atoms. The molecule has 0 radical (unpaired) electrons. The molecule has 0 amide bonds. The summed E-state index contributed by atoms with van der Waals surface area (Å²) in [6, 6.07) is 14.0. The summed E-state index contributed by atoms with van der Waals surface area (Å²) in [6.07, 6.45) is 7.60. The topological polar surface area (TPSA) is 73.1 Å². The fourth-order valence-electron chi connectivity index (χ4n) is 2.93. The van der Waals surface area contributed by atoms with Gasteiger partial charge in [0.25, 0.3) is 0 Å². The summed E-state index contributed by atoms with van der Waals surface area (Å²) in [6.45, 7) is 3.79. The standard InChI is InChI=1S/C22H28N4O/c1-2-3-4-5-14-27-20-9-6-17(7-10-20)12-13-24-22-25-16-18-15-19(23)8-11-21(18)26-22/h6-11,15-16H,2-5,12-14,23H2,1H3,(H,24,25,26). The first-order chi connectivity index (χ1) is 13.2. The van der Waals surface area contributed by atoms with Crippen molar-refractivity contribution in [2.75, 3.05) is 24.2 Å². The smallest absolute Gasteiger partial charge is 0.223 e. The highest BCUT2D eigenvalue weighted by Crippen LogP contribution is 2.16. The van der Waals surface area contributed by atoms with Crippen molar-refractivity contribution in [3.05, 3.63) is 54.2 Å². The predicted molar refractivity (Wildman–Crippen MR) is 112 cm³/mol. The lowest BCUT2D eigenvalue weighted by molar-refractivity contribution is 0.305. The quantitative estimate of drug-likeness (QED) is 0.398. The van der Waals surface area contributed by atoms with Crippen molar-refractivity contribution in [1.29, 1.82) is 0 Å². The number of nitrogens with one attached hydrogen (secondary N) is 1. The largest absolute Gasteiger partial charge is 0.494 e. The van der Waals surface area contributed by atoms with Crippen molar-refractivity contribution >= 4 is 22.5 Å². The van der Waals surface area contributed by atoms with E-state index >= 15 is 0 Å². The molecule has 2 aromatic carbocycles. The van der Waals surface area contributed by atoms with Gasteiger partial charge in [-0.2, -0.15) is 0 Å². The maximum absolute atomic E-state index is 5.79. The number of benzene rings is 2. The molecule has 0 atom stereocenters. The van der Waals surface area contributed by atoms with E-state index in [2.05, 4.69) is 34.3 Å². The third kappa shape index (κ3) is 5.84. The SMILES string of the molecule is CCCCCCOc1ccc(CCNc2ncc3cc(N)ccc3n2)cc1. The first-order valence-electron chi connectivity index (χ1n) is 9.72. The molecule has 0 saturated carbocycles. The van der Waals surface area contributed by atoms with E-state index in [1.165, 1.54) is 24.8 Å².